The monoisotopic (exact) mass is 305 g/mol. The van der Waals surface area contributed by atoms with Gasteiger partial charge in [-0.3, -0.25) is 4.79 Å². The lowest BCUT2D eigenvalue weighted by atomic mass is 10.3. The molecule has 0 radical (unpaired) electrons. The Morgan fingerprint density at radius 2 is 2.11 bits per heavy atom. The molecule has 1 aromatic rings. The summed E-state index contributed by atoms with van der Waals surface area (Å²) in [6.45, 7) is 1.47. The molecule has 0 aliphatic heterocycles. The van der Waals surface area contributed by atoms with Crippen LogP contribution in [0.3, 0.4) is 0 Å². The van der Waals surface area contributed by atoms with Crippen LogP contribution in [0.1, 0.15) is 12.8 Å². The predicted molar refractivity (Wildman–Crippen MR) is 76.1 cm³/mol. The van der Waals surface area contributed by atoms with E-state index in [1.54, 1.807) is 25.3 Å². The first-order valence-electron chi connectivity index (χ1n) is 5.97. The summed E-state index contributed by atoms with van der Waals surface area (Å²) in [5.41, 5.74) is 0. The summed E-state index contributed by atoms with van der Waals surface area (Å²) >= 11 is 11.7. The average molecular weight is 306 g/mol. The Kier molecular flexibility index (Phi) is 7.63. The summed E-state index contributed by atoms with van der Waals surface area (Å²) in [4.78, 5) is 11.4. The van der Waals surface area contributed by atoms with Crippen LogP contribution in [-0.2, 0) is 9.53 Å². The molecule has 0 saturated carbocycles. The second-order valence-corrected chi connectivity index (χ2v) is 4.71. The van der Waals surface area contributed by atoms with Crippen molar-refractivity contribution in [1.29, 1.82) is 0 Å². The molecule has 0 aliphatic carbocycles. The molecule has 6 heteroatoms. The molecular formula is C13H17Cl2NO3. The number of ether oxygens (including phenoxy) is 2. The van der Waals surface area contributed by atoms with E-state index in [4.69, 9.17) is 32.7 Å². The molecular weight excluding hydrogens is 289 g/mol. The Bertz CT molecular complexity index is 413. The van der Waals surface area contributed by atoms with E-state index in [0.717, 1.165) is 0 Å². The van der Waals surface area contributed by atoms with Crippen LogP contribution in [0.15, 0.2) is 18.2 Å². The van der Waals surface area contributed by atoms with Crippen molar-refractivity contribution in [1.82, 2.24) is 5.32 Å². The average Bonchev–Trinajstić information content (AvgIpc) is 2.37. The van der Waals surface area contributed by atoms with Gasteiger partial charge in [0.1, 0.15) is 5.75 Å². The standard InChI is InChI=1S/C13H17Cl2NO3/c1-18-8-6-16-13(17)3-2-7-19-12-5-4-10(14)9-11(12)15/h4-5,9H,2-3,6-8H2,1H3,(H,16,17). The number of rotatable bonds is 8. The van der Waals surface area contributed by atoms with Gasteiger partial charge < -0.3 is 14.8 Å². The minimum atomic E-state index is -0.0112. The van der Waals surface area contributed by atoms with Crippen LogP contribution in [0.4, 0.5) is 0 Å². The molecule has 1 rings (SSSR count). The van der Waals surface area contributed by atoms with Crippen molar-refractivity contribution in [2.24, 2.45) is 0 Å². The number of benzene rings is 1. The lowest BCUT2D eigenvalue weighted by Crippen LogP contribution is -2.26. The number of carbonyl (C=O) groups excluding carboxylic acids is 1. The predicted octanol–water partition coefficient (Wildman–Crippen LogP) is 2.92. The molecule has 0 aromatic heterocycles. The van der Waals surface area contributed by atoms with Crippen LogP contribution in [0, 0.1) is 0 Å². The van der Waals surface area contributed by atoms with E-state index >= 15 is 0 Å². The highest BCUT2D eigenvalue weighted by Gasteiger charge is 2.04. The fourth-order valence-electron chi connectivity index (χ4n) is 1.39. The molecule has 0 spiro atoms. The molecule has 19 heavy (non-hydrogen) atoms. The van der Waals surface area contributed by atoms with Gasteiger partial charge in [-0.25, -0.2) is 0 Å². The van der Waals surface area contributed by atoms with E-state index in [2.05, 4.69) is 5.32 Å². The normalized spacial score (nSPS) is 10.3. The molecule has 1 aromatic carbocycles. The Labute approximate surface area is 123 Å². The summed E-state index contributed by atoms with van der Waals surface area (Å²) in [6, 6.07) is 5.04. The summed E-state index contributed by atoms with van der Waals surface area (Å²) in [5.74, 6) is 0.564. The number of methoxy groups -OCH3 is 1. The molecule has 1 N–H and O–H groups in total. The molecule has 0 saturated heterocycles. The highest BCUT2D eigenvalue weighted by atomic mass is 35.5. The number of hydrogen-bond donors (Lipinski definition) is 1. The highest BCUT2D eigenvalue weighted by Crippen LogP contribution is 2.27. The van der Waals surface area contributed by atoms with Gasteiger partial charge in [0.05, 0.1) is 18.2 Å². The topological polar surface area (TPSA) is 47.6 Å². The number of hydrogen-bond acceptors (Lipinski definition) is 3. The van der Waals surface area contributed by atoms with Crippen molar-refractivity contribution >= 4 is 29.1 Å². The third-order valence-electron chi connectivity index (χ3n) is 2.33. The van der Waals surface area contributed by atoms with Crippen LogP contribution >= 0.6 is 23.2 Å². The zero-order valence-corrected chi connectivity index (χ0v) is 12.3. The summed E-state index contributed by atoms with van der Waals surface area (Å²) in [6.07, 6.45) is 1.03. The van der Waals surface area contributed by atoms with Gasteiger partial charge in [-0.15, -0.1) is 0 Å². The number of nitrogens with one attached hydrogen (secondary N) is 1. The molecule has 4 nitrogen and oxygen atoms in total. The van der Waals surface area contributed by atoms with Crippen molar-refractivity contribution in [3.63, 3.8) is 0 Å². The van der Waals surface area contributed by atoms with Gasteiger partial charge in [-0.1, -0.05) is 23.2 Å². The van der Waals surface area contributed by atoms with E-state index in [9.17, 15) is 4.79 Å². The molecule has 0 unspecified atom stereocenters. The lowest BCUT2D eigenvalue weighted by Gasteiger charge is -2.08. The maximum Gasteiger partial charge on any atom is 0.220 e. The Hall–Kier alpha value is -0.970. The molecule has 0 fully saturated rings. The number of amides is 1. The zero-order valence-electron chi connectivity index (χ0n) is 10.7. The van der Waals surface area contributed by atoms with Crippen molar-refractivity contribution in [3.05, 3.63) is 28.2 Å². The number of halogens is 2. The molecule has 0 aliphatic rings. The first-order chi connectivity index (χ1) is 9.13. The largest absolute Gasteiger partial charge is 0.492 e. The second kappa shape index (κ2) is 9.02. The number of carbonyl (C=O) groups is 1. The van der Waals surface area contributed by atoms with E-state index in [-0.39, 0.29) is 5.91 Å². The van der Waals surface area contributed by atoms with Crippen LogP contribution in [-0.4, -0.2) is 32.8 Å². The van der Waals surface area contributed by atoms with E-state index in [1.165, 1.54) is 0 Å². The van der Waals surface area contributed by atoms with E-state index in [1.807, 2.05) is 0 Å². The minimum Gasteiger partial charge on any atom is -0.492 e. The summed E-state index contributed by atoms with van der Waals surface area (Å²) < 4.78 is 10.3. The Morgan fingerprint density at radius 1 is 1.32 bits per heavy atom. The Morgan fingerprint density at radius 3 is 2.79 bits per heavy atom. The van der Waals surface area contributed by atoms with Gasteiger partial charge in [0, 0.05) is 25.1 Å². The maximum atomic E-state index is 11.4. The fraction of sp³-hybridized carbons (Fsp3) is 0.462. The second-order valence-electron chi connectivity index (χ2n) is 3.87. The van der Waals surface area contributed by atoms with Crippen molar-refractivity contribution in [2.45, 2.75) is 12.8 Å². The third kappa shape index (κ3) is 6.66. The van der Waals surface area contributed by atoms with Crippen LogP contribution in [0.5, 0.6) is 5.75 Å². The molecule has 0 bridgehead atoms. The maximum absolute atomic E-state index is 11.4. The van der Waals surface area contributed by atoms with Gasteiger partial charge in [0.25, 0.3) is 0 Å². The van der Waals surface area contributed by atoms with Crippen LogP contribution in [0.25, 0.3) is 0 Å². The highest BCUT2D eigenvalue weighted by molar-refractivity contribution is 6.35. The van der Waals surface area contributed by atoms with Gasteiger partial charge in [-0.05, 0) is 24.6 Å². The van der Waals surface area contributed by atoms with Crippen LogP contribution < -0.4 is 10.1 Å². The molecule has 0 atom stereocenters. The van der Waals surface area contributed by atoms with Crippen LogP contribution in [0.2, 0.25) is 10.0 Å². The summed E-state index contributed by atoms with van der Waals surface area (Å²) in [5, 5.41) is 3.77. The first kappa shape index (κ1) is 16.1. The lowest BCUT2D eigenvalue weighted by molar-refractivity contribution is -0.121. The molecule has 0 heterocycles. The molecule has 1 amide bonds. The van der Waals surface area contributed by atoms with Gasteiger partial charge in [-0.2, -0.15) is 0 Å². The summed E-state index contributed by atoms with van der Waals surface area (Å²) in [7, 11) is 1.59. The van der Waals surface area contributed by atoms with Gasteiger partial charge in [0.15, 0.2) is 0 Å². The van der Waals surface area contributed by atoms with Crippen molar-refractivity contribution in [2.75, 3.05) is 26.9 Å². The third-order valence-corrected chi connectivity index (χ3v) is 2.86. The Balaban J connectivity index is 2.18. The van der Waals surface area contributed by atoms with Crippen molar-refractivity contribution < 1.29 is 14.3 Å². The SMILES string of the molecule is COCCNC(=O)CCCOc1ccc(Cl)cc1Cl. The fourth-order valence-corrected chi connectivity index (χ4v) is 1.85. The van der Waals surface area contributed by atoms with Gasteiger partial charge in [0.2, 0.25) is 5.91 Å². The van der Waals surface area contributed by atoms with Crippen molar-refractivity contribution in [3.8, 4) is 5.75 Å². The molecule has 106 valence electrons. The van der Waals surface area contributed by atoms with E-state index < -0.39 is 0 Å². The quantitative estimate of drug-likeness (QED) is 0.751. The first-order valence-corrected chi connectivity index (χ1v) is 6.72. The zero-order chi connectivity index (χ0) is 14.1. The minimum absolute atomic E-state index is 0.0112. The van der Waals surface area contributed by atoms with E-state index in [0.29, 0.717) is 48.4 Å². The smallest absolute Gasteiger partial charge is 0.220 e. The van der Waals surface area contributed by atoms with Gasteiger partial charge >= 0.3 is 0 Å².